The molecule has 1 aromatic rings. The lowest BCUT2D eigenvalue weighted by Crippen LogP contribution is -2.39. The molecule has 2 atom stereocenters. The maximum absolute atomic E-state index is 13.4. The van der Waals surface area contributed by atoms with E-state index in [2.05, 4.69) is 18.9 Å². The van der Waals surface area contributed by atoms with Gasteiger partial charge in [-0.15, -0.1) is 0 Å². The summed E-state index contributed by atoms with van der Waals surface area (Å²) in [5.74, 6) is -1.15. The lowest BCUT2D eigenvalue weighted by atomic mass is 10.00. The number of halogens is 2. The van der Waals surface area contributed by atoms with Crippen molar-refractivity contribution in [1.82, 2.24) is 5.01 Å². The van der Waals surface area contributed by atoms with Crippen molar-refractivity contribution in [3.8, 4) is 0 Å². The van der Waals surface area contributed by atoms with Crippen LogP contribution in [-0.2, 0) is 0 Å². The number of hydrogen-bond donors (Lipinski definition) is 0. The molecule has 0 unspecified atom stereocenters. The van der Waals surface area contributed by atoms with Gasteiger partial charge in [-0.05, 0) is 45.2 Å². The number of piperidine rings is 1. The molecule has 2 rings (SSSR count). The molecule has 0 N–H and O–H groups in total. The van der Waals surface area contributed by atoms with Gasteiger partial charge in [-0.1, -0.05) is 6.07 Å². The molecule has 4 heteroatoms. The zero-order valence-electron chi connectivity index (χ0n) is 10.7. The second-order valence-electron chi connectivity index (χ2n) is 4.89. The first-order valence-electron chi connectivity index (χ1n) is 6.36. The van der Waals surface area contributed by atoms with Crippen molar-refractivity contribution in [3.05, 3.63) is 35.4 Å². The molecule has 0 aliphatic carbocycles. The van der Waals surface area contributed by atoms with Crippen molar-refractivity contribution in [2.24, 2.45) is 5.10 Å². The van der Waals surface area contributed by atoms with Crippen LogP contribution in [0.5, 0.6) is 0 Å². The highest BCUT2D eigenvalue weighted by atomic mass is 19.1. The SMILES string of the molecule is C[C@H]1CCC[C@H](C)N1/N=C\c1c(F)cccc1F. The molecule has 0 saturated carbocycles. The summed E-state index contributed by atoms with van der Waals surface area (Å²) in [6.45, 7) is 4.18. The van der Waals surface area contributed by atoms with E-state index < -0.39 is 11.6 Å². The fraction of sp³-hybridized carbons (Fsp3) is 0.500. The van der Waals surface area contributed by atoms with Gasteiger partial charge in [0.1, 0.15) is 11.6 Å². The molecule has 1 aliphatic rings. The smallest absolute Gasteiger partial charge is 0.134 e. The van der Waals surface area contributed by atoms with Crippen LogP contribution in [0.15, 0.2) is 23.3 Å². The standard InChI is InChI=1S/C14H18F2N2/c1-10-5-3-6-11(2)18(10)17-9-12-13(15)7-4-8-14(12)16/h4,7-11H,3,5-6H2,1-2H3/b17-9-/t10-,11-/m0/s1. The molecule has 0 amide bonds. The number of rotatable bonds is 2. The Hall–Kier alpha value is -1.45. The predicted octanol–water partition coefficient (Wildman–Crippen LogP) is 3.56. The predicted molar refractivity (Wildman–Crippen MR) is 68.6 cm³/mol. The second-order valence-corrected chi connectivity index (χ2v) is 4.89. The van der Waals surface area contributed by atoms with Crippen LogP contribution in [0, 0.1) is 11.6 Å². The van der Waals surface area contributed by atoms with E-state index in [1.165, 1.54) is 30.8 Å². The molecule has 0 spiro atoms. The van der Waals surface area contributed by atoms with Crippen molar-refractivity contribution in [2.45, 2.75) is 45.2 Å². The van der Waals surface area contributed by atoms with Gasteiger partial charge in [-0.2, -0.15) is 5.10 Å². The maximum atomic E-state index is 13.4. The van der Waals surface area contributed by atoms with Crippen LogP contribution in [-0.4, -0.2) is 23.3 Å². The van der Waals surface area contributed by atoms with Crippen LogP contribution < -0.4 is 0 Å². The molecule has 1 fully saturated rings. The van der Waals surface area contributed by atoms with Crippen molar-refractivity contribution in [2.75, 3.05) is 0 Å². The van der Waals surface area contributed by atoms with Crippen molar-refractivity contribution >= 4 is 6.21 Å². The quantitative estimate of drug-likeness (QED) is 0.735. The normalized spacial score (nSPS) is 24.8. The van der Waals surface area contributed by atoms with E-state index in [1.807, 2.05) is 5.01 Å². The summed E-state index contributed by atoms with van der Waals surface area (Å²) in [4.78, 5) is 0. The van der Waals surface area contributed by atoms with Crippen LogP contribution in [0.3, 0.4) is 0 Å². The van der Waals surface area contributed by atoms with Gasteiger partial charge in [-0.3, -0.25) is 5.01 Å². The van der Waals surface area contributed by atoms with Crippen molar-refractivity contribution < 1.29 is 8.78 Å². The molecular formula is C14H18F2N2. The Kier molecular flexibility index (Phi) is 3.94. The second kappa shape index (κ2) is 5.46. The summed E-state index contributed by atoms with van der Waals surface area (Å²) in [7, 11) is 0. The van der Waals surface area contributed by atoms with Crippen LogP contribution >= 0.6 is 0 Å². The molecule has 0 radical (unpaired) electrons. The highest BCUT2D eigenvalue weighted by Gasteiger charge is 2.22. The molecule has 1 aromatic carbocycles. The van der Waals surface area contributed by atoms with E-state index in [0.29, 0.717) is 12.1 Å². The monoisotopic (exact) mass is 252 g/mol. The van der Waals surface area contributed by atoms with E-state index in [9.17, 15) is 8.78 Å². The number of benzene rings is 1. The summed E-state index contributed by atoms with van der Waals surface area (Å²) >= 11 is 0. The highest BCUT2D eigenvalue weighted by molar-refractivity contribution is 5.80. The van der Waals surface area contributed by atoms with Gasteiger partial charge in [0.15, 0.2) is 0 Å². The van der Waals surface area contributed by atoms with E-state index >= 15 is 0 Å². The maximum Gasteiger partial charge on any atom is 0.134 e. The summed E-state index contributed by atoms with van der Waals surface area (Å²) in [5.41, 5.74) is -0.0672. The molecule has 1 saturated heterocycles. The Bertz CT molecular complexity index is 415. The van der Waals surface area contributed by atoms with Gasteiger partial charge in [0.25, 0.3) is 0 Å². The van der Waals surface area contributed by atoms with Gasteiger partial charge < -0.3 is 0 Å². The topological polar surface area (TPSA) is 15.6 Å². The molecule has 0 bridgehead atoms. The van der Waals surface area contributed by atoms with E-state index in [-0.39, 0.29) is 5.56 Å². The van der Waals surface area contributed by atoms with E-state index in [0.717, 1.165) is 12.8 Å². The average molecular weight is 252 g/mol. The van der Waals surface area contributed by atoms with Crippen LogP contribution in [0.25, 0.3) is 0 Å². The van der Waals surface area contributed by atoms with Crippen molar-refractivity contribution in [1.29, 1.82) is 0 Å². The first kappa shape index (κ1) is 13.0. The van der Waals surface area contributed by atoms with Gasteiger partial charge in [0.2, 0.25) is 0 Å². The van der Waals surface area contributed by atoms with Gasteiger partial charge in [0.05, 0.1) is 11.8 Å². The average Bonchev–Trinajstić information content (AvgIpc) is 2.31. The van der Waals surface area contributed by atoms with E-state index in [4.69, 9.17) is 0 Å². The van der Waals surface area contributed by atoms with Crippen LogP contribution in [0.4, 0.5) is 8.78 Å². The fourth-order valence-corrected chi connectivity index (χ4v) is 2.39. The van der Waals surface area contributed by atoms with Gasteiger partial charge >= 0.3 is 0 Å². The molecule has 1 heterocycles. The third-order valence-electron chi connectivity index (χ3n) is 3.47. The highest BCUT2D eigenvalue weighted by Crippen LogP contribution is 2.22. The first-order chi connectivity index (χ1) is 8.59. The third kappa shape index (κ3) is 2.68. The van der Waals surface area contributed by atoms with E-state index in [1.54, 1.807) is 0 Å². The molecule has 1 aliphatic heterocycles. The fourth-order valence-electron chi connectivity index (χ4n) is 2.39. The Labute approximate surface area is 106 Å². The number of hydrazone groups is 1. The minimum atomic E-state index is -0.573. The molecule has 0 aromatic heterocycles. The number of hydrogen-bond acceptors (Lipinski definition) is 2. The molecule has 98 valence electrons. The Morgan fingerprint density at radius 2 is 1.72 bits per heavy atom. The minimum Gasteiger partial charge on any atom is -0.292 e. The molecule has 2 nitrogen and oxygen atoms in total. The summed E-state index contributed by atoms with van der Waals surface area (Å²) in [6.07, 6.45) is 4.62. The zero-order chi connectivity index (χ0) is 13.1. The Morgan fingerprint density at radius 1 is 1.17 bits per heavy atom. The summed E-state index contributed by atoms with van der Waals surface area (Å²) < 4.78 is 26.9. The minimum absolute atomic E-state index is 0.0672. The van der Waals surface area contributed by atoms with Gasteiger partial charge in [-0.25, -0.2) is 8.78 Å². The Balaban J connectivity index is 2.19. The Morgan fingerprint density at radius 3 is 2.28 bits per heavy atom. The molecule has 18 heavy (non-hydrogen) atoms. The zero-order valence-corrected chi connectivity index (χ0v) is 10.7. The lowest BCUT2D eigenvalue weighted by Gasteiger charge is -2.36. The van der Waals surface area contributed by atoms with Crippen LogP contribution in [0.1, 0.15) is 38.7 Å². The lowest BCUT2D eigenvalue weighted by molar-refractivity contribution is 0.109. The molecular weight excluding hydrogens is 234 g/mol. The third-order valence-corrected chi connectivity index (χ3v) is 3.47. The summed E-state index contributed by atoms with van der Waals surface area (Å²) in [6, 6.07) is 4.48. The van der Waals surface area contributed by atoms with Crippen LogP contribution in [0.2, 0.25) is 0 Å². The first-order valence-corrected chi connectivity index (χ1v) is 6.36. The largest absolute Gasteiger partial charge is 0.292 e. The van der Waals surface area contributed by atoms with Gasteiger partial charge in [0, 0.05) is 12.1 Å². The summed E-state index contributed by atoms with van der Waals surface area (Å²) in [5, 5.41) is 6.21. The van der Waals surface area contributed by atoms with Crippen molar-refractivity contribution in [3.63, 3.8) is 0 Å². The number of nitrogens with zero attached hydrogens (tertiary/aromatic N) is 2.